The fourth-order valence-corrected chi connectivity index (χ4v) is 5.44. The molecule has 0 spiro atoms. The van der Waals surface area contributed by atoms with E-state index in [0.717, 1.165) is 15.9 Å². The summed E-state index contributed by atoms with van der Waals surface area (Å²) in [5, 5.41) is 12.1. The fourth-order valence-electron chi connectivity index (χ4n) is 1.46. The van der Waals surface area contributed by atoms with Crippen molar-refractivity contribution in [2.75, 3.05) is 5.75 Å². The van der Waals surface area contributed by atoms with Gasteiger partial charge in [-0.15, -0.1) is 23.1 Å². The van der Waals surface area contributed by atoms with Crippen molar-refractivity contribution in [1.82, 2.24) is 4.98 Å². The first-order chi connectivity index (χ1) is 7.20. The maximum atomic E-state index is 9.00. The van der Waals surface area contributed by atoms with Crippen LogP contribution in [0.2, 0.25) is 0 Å². The molecule has 0 amide bonds. The van der Waals surface area contributed by atoms with E-state index in [9.17, 15) is 0 Å². The van der Waals surface area contributed by atoms with Gasteiger partial charge in [0.25, 0.3) is 0 Å². The molecule has 84 valence electrons. The van der Waals surface area contributed by atoms with Crippen LogP contribution in [0.5, 0.6) is 0 Å². The molecule has 5 heteroatoms. The van der Waals surface area contributed by atoms with Gasteiger partial charge in [-0.25, -0.2) is 4.98 Å². The highest BCUT2D eigenvalue weighted by Gasteiger charge is 2.28. The van der Waals surface area contributed by atoms with Crippen LogP contribution in [0.1, 0.15) is 29.0 Å². The van der Waals surface area contributed by atoms with Gasteiger partial charge in [0.05, 0.1) is 16.7 Å². The van der Waals surface area contributed by atoms with E-state index in [1.807, 2.05) is 23.5 Å². The topological polar surface area (TPSA) is 33.1 Å². The Hall–Kier alpha value is 0.290. The molecular formula is C10H15NOS3. The van der Waals surface area contributed by atoms with Gasteiger partial charge < -0.3 is 5.11 Å². The highest BCUT2D eigenvalue weighted by Crippen LogP contribution is 2.45. The molecule has 3 unspecified atom stereocenters. The number of nitrogens with zero attached hydrogens (tertiary/aromatic N) is 1. The zero-order valence-electron chi connectivity index (χ0n) is 8.84. The van der Waals surface area contributed by atoms with Crippen molar-refractivity contribution in [3.8, 4) is 0 Å². The first-order valence-corrected chi connectivity index (χ1v) is 7.84. The molecule has 2 rings (SSSR count). The molecule has 1 aliphatic heterocycles. The first kappa shape index (κ1) is 11.8. The summed E-state index contributed by atoms with van der Waals surface area (Å²) in [6, 6.07) is 0. The molecule has 3 atom stereocenters. The molecule has 1 aromatic heterocycles. The molecule has 1 saturated heterocycles. The number of aliphatic hydroxyl groups is 1. The van der Waals surface area contributed by atoms with Crippen molar-refractivity contribution in [2.45, 2.75) is 36.2 Å². The second kappa shape index (κ2) is 5.08. The molecule has 0 radical (unpaired) electrons. The summed E-state index contributed by atoms with van der Waals surface area (Å²) < 4.78 is 0. The number of aliphatic hydroxyl groups excluding tert-OH is 1. The summed E-state index contributed by atoms with van der Waals surface area (Å²) in [5.74, 6) is 1.15. The Balaban J connectivity index is 2.05. The van der Waals surface area contributed by atoms with Gasteiger partial charge in [0.2, 0.25) is 0 Å². The van der Waals surface area contributed by atoms with Gasteiger partial charge >= 0.3 is 0 Å². The van der Waals surface area contributed by atoms with Gasteiger partial charge in [0.1, 0.15) is 5.01 Å². The van der Waals surface area contributed by atoms with Gasteiger partial charge in [-0.3, -0.25) is 0 Å². The Bertz CT molecular complexity index is 328. The molecule has 2 heterocycles. The van der Waals surface area contributed by atoms with E-state index >= 15 is 0 Å². The van der Waals surface area contributed by atoms with Gasteiger partial charge in [-0.1, -0.05) is 13.8 Å². The molecule has 15 heavy (non-hydrogen) atoms. The van der Waals surface area contributed by atoms with Crippen LogP contribution in [0.4, 0.5) is 0 Å². The molecule has 0 bridgehead atoms. The van der Waals surface area contributed by atoms with E-state index < -0.39 is 0 Å². The minimum Gasteiger partial charge on any atom is -0.391 e. The summed E-state index contributed by atoms with van der Waals surface area (Å²) in [6.07, 6.45) is 1.80. The maximum absolute atomic E-state index is 9.00. The summed E-state index contributed by atoms with van der Waals surface area (Å²) in [5.41, 5.74) is 0. The average molecular weight is 261 g/mol. The summed E-state index contributed by atoms with van der Waals surface area (Å²) in [4.78, 5) is 5.37. The Morgan fingerprint density at radius 3 is 2.87 bits per heavy atom. The van der Waals surface area contributed by atoms with Crippen LogP contribution in [-0.4, -0.2) is 26.3 Å². The van der Waals surface area contributed by atoms with Crippen molar-refractivity contribution in [1.29, 1.82) is 0 Å². The first-order valence-electron chi connectivity index (χ1n) is 5.03. The molecule has 0 aromatic carbocycles. The third-order valence-electron chi connectivity index (χ3n) is 2.55. The number of aromatic nitrogens is 1. The molecule has 0 saturated carbocycles. The number of thioether (sulfide) groups is 2. The van der Waals surface area contributed by atoms with E-state index in [0.29, 0.717) is 10.5 Å². The molecule has 0 aliphatic carbocycles. The monoisotopic (exact) mass is 261 g/mol. The average Bonchev–Trinajstić information content (AvgIpc) is 2.70. The second-order valence-corrected chi connectivity index (χ2v) is 7.83. The largest absolute Gasteiger partial charge is 0.391 e. The minimum absolute atomic E-state index is 0.119. The van der Waals surface area contributed by atoms with Gasteiger partial charge in [-0.2, -0.15) is 11.8 Å². The van der Waals surface area contributed by atoms with Crippen LogP contribution < -0.4 is 0 Å². The molecular weight excluding hydrogens is 246 g/mol. The smallest absolute Gasteiger partial charge is 0.107 e. The van der Waals surface area contributed by atoms with E-state index in [1.165, 1.54) is 5.01 Å². The van der Waals surface area contributed by atoms with Crippen molar-refractivity contribution in [2.24, 2.45) is 0 Å². The highest BCUT2D eigenvalue weighted by atomic mass is 32.2. The van der Waals surface area contributed by atoms with E-state index in [1.54, 1.807) is 17.5 Å². The molecule has 1 aromatic rings. The van der Waals surface area contributed by atoms with Crippen molar-refractivity contribution >= 4 is 34.9 Å². The summed E-state index contributed by atoms with van der Waals surface area (Å²) in [6.45, 7) is 4.70. The molecule has 2 nitrogen and oxygen atoms in total. The van der Waals surface area contributed by atoms with E-state index in [2.05, 4.69) is 18.8 Å². The second-order valence-electron chi connectivity index (χ2n) is 3.69. The normalized spacial score (nSPS) is 31.8. The zero-order chi connectivity index (χ0) is 10.8. The zero-order valence-corrected chi connectivity index (χ0v) is 11.3. The fraction of sp³-hybridized carbons (Fsp3) is 0.700. The summed E-state index contributed by atoms with van der Waals surface area (Å²) in [7, 11) is 0. The van der Waals surface area contributed by atoms with E-state index in [4.69, 9.17) is 5.11 Å². The van der Waals surface area contributed by atoms with E-state index in [-0.39, 0.29) is 6.61 Å². The molecule has 1 fully saturated rings. The quantitative estimate of drug-likeness (QED) is 0.887. The Labute approximate surface area is 103 Å². The third kappa shape index (κ3) is 2.70. The van der Waals surface area contributed by atoms with Crippen LogP contribution in [0.15, 0.2) is 6.20 Å². The minimum atomic E-state index is 0.119. The lowest BCUT2D eigenvalue weighted by Crippen LogP contribution is -2.21. The Morgan fingerprint density at radius 1 is 1.47 bits per heavy atom. The highest BCUT2D eigenvalue weighted by molar-refractivity contribution is 8.07. The van der Waals surface area contributed by atoms with Crippen LogP contribution in [-0.2, 0) is 6.61 Å². The van der Waals surface area contributed by atoms with Crippen LogP contribution in [0.3, 0.4) is 0 Å². The van der Waals surface area contributed by atoms with Crippen LogP contribution >= 0.6 is 34.9 Å². The van der Waals surface area contributed by atoms with Crippen molar-refractivity contribution < 1.29 is 5.11 Å². The standard InChI is InChI=1S/C10H15NOS3/c1-6-7(2)14-9(5-13-6)10-11-3-8(4-12)15-10/h3,6-7,9,12H,4-5H2,1-2H3. The lowest BCUT2D eigenvalue weighted by molar-refractivity contribution is 0.285. The van der Waals surface area contributed by atoms with Crippen LogP contribution in [0, 0.1) is 0 Å². The van der Waals surface area contributed by atoms with Gasteiger partial charge in [0, 0.05) is 22.4 Å². The Kier molecular flexibility index (Phi) is 3.98. The lowest BCUT2D eigenvalue weighted by Gasteiger charge is -2.30. The maximum Gasteiger partial charge on any atom is 0.107 e. The number of hydrogen-bond acceptors (Lipinski definition) is 5. The third-order valence-corrected chi connectivity index (χ3v) is 7.20. The SMILES string of the molecule is CC1SCC(c2ncc(CO)s2)SC1C. The number of rotatable bonds is 2. The predicted octanol–water partition coefficient (Wildman–Crippen LogP) is 2.93. The molecule has 1 N–H and O–H groups in total. The predicted molar refractivity (Wildman–Crippen MR) is 69.8 cm³/mol. The van der Waals surface area contributed by atoms with Crippen molar-refractivity contribution in [3.05, 3.63) is 16.1 Å². The molecule has 1 aliphatic rings. The number of thiazole rings is 1. The van der Waals surface area contributed by atoms with Gasteiger partial charge in [-0.05, 0) is 0 Å². The van der Waals surface area contributed by atoms with Crippen molar-refractivity contribution in [3.63, 3.8) is 0 Å². The Morgan fingerprint density at radius 2 is 2.27 bits per heavy atom. The number of hydrogen-bond donors (Lipinski definition) is 1. The van der Waals surface area contributed by atoms with Crippen LogP contribution in [0.25, 0.3) is 0 Å². The lowest BCUT2D eigenvalue weighted by atomic mass is 10.4. The van der Waals surface area contributed by atoms with Gasteiger partial charge in [0.15, 0.2) is 0 Å². The summed E-state index contributed by atoms with van der Waals surface area (Å²) >= 11 is 5.69.